The Morgan fingerprint density at radius 1 is 1.19 bits per heavy atom. The molecule has 0 aliphatic carbocycles. The number of halogens is 1. The number of esters is 1. The quantitative estimate of drug-likeness (QED) is 0.596. The average Bonchev–Trinajstić information content (AvgIpc) is 2.81. The second kappa shape index (κ2) is 7.96. The number of carbonyl (C=O) groups excluding carboxylic acids is 2. The first-order valence-corrected chi connectivity index (χ1v) is 10.2. The van der Waals surface area contributed by atoms with E-state index in [0.717, 1.165) is 29.1 Å². The van der Waals surface area contributed by atoms with Crippen molar-refractivity contribution >= 4 is 38.1 Å². The maximum absolute atomic E-state index is 12.9. The molecule has 26 heavy (non-hydrogen) atoms. The summed E-state index contributed by atoms with van der Waals surface area (Å²) in [4.78, 5) is 25.0. The number of ether oxygens (including phenoxy) is 1. The van der Waals surface area contributed by atoms with Gasteiger partial charge in [0.05, 0.1) is 17.1 Å². The number of hydrogen-bond acceptors (Lipinski definition) is 6. The molecule has 140 valence electrons. The van der Waals surface area contributed by atoms with E-state index in [9.17, 15) is 22.4 Å². The molecule has 0 saturated carbocycles. The van der Waals surface area contributed by atoms with Crippen molar-refractivity contribution < 1.29 is 27.1 Å². The summed E-state index contributed by atoms with van der Waals surface area (Å²) in [6, 6.07) is 4.22. The van der Waals surface area contributed by atoms with Gasteiger partial charge in [0.15, 0.2) is 9.84 Å². The van der Waals surface area contributed by atoms with Crippen LogP contribution < -0.4 is 5.32 Å². The zero-order valence-corrected chi connectivity index (χ0v) is 16.1. The molecule has 0 spiro atoms. The molecule has 0 radical (unpaired) electrons. The Morgan fingerprint density at radius 2 is 1.81 bits per heavy atom. The summed E-state index contributed by atoms with van der Waals surface area (Å²) >= 11 is 1.17. The molecule has 0 aliphatic rings. The summed E-state index contributed by atoms with van der Waals surface area (Å²) in [6.07, 6.45) is 0. The maximum Gasteiger partial charge on any atom is 0.341 e. The number of benzene rings is 1. The molecule has 1 aromatic carbocycles. The van der Waals surface area contributed by atoms with Crippen LogP contribution in [0.15, 0.2) is 29.2 Å². The summed E-state index contributed by atoms with van der Waals surface area (Å²) < 4.78 is 42.5. The molecular formula is C17H18FNO5S2. The number of hydrogen-bond donors (Lipinski definition) is 1. The number of nitrogens with one attached hydrogen (secondary N) is 1. The first-order valence-electron chi connectivity index (χ1n) is 7.71. The van der Waals surface area contributed by atoms with Crippen molar-refractivity contribution in [1.82, 2.24) is 0 Å². The molecule has 9 heteroatoms. The Hall–Kier alpha value is -2.26. The smallest absolute Gasteiger partial charge is 0.341 e. The number of aryl methyl sites for hydroxylation is 1. The van der Waals surface area contributed by atoms with Crippen LogP contribution in [0.5, 0.6) is 0 Å². The van der Waals surface area contributed by atoms with Crippen LogP contribution in [0.3, 0.4) is 0 Å². The minimum absolute atomic E-state index is 0.154. The van der Waals surface area contributed by atoms with E-state index in [1.165, 1.54) is 11.3 Å². The molecule has 1 aromatic heterocycles. The van der Waals surface area contributed by atoms with E-state index in [0.29, 0.717) is 5.56 Å². The fourth-order valence-electron chi connectivity index (χ4n) is 2.22. The van der Waals surface area contributed by atoms with Crippen molar-refractivity contribution in [3.05, 3.63) is 46.1 Å². The van der Waals surface area contributed by atoms with Crippen molar-refractivity contribution in [3.63, 3.8) is 0 Å². The largest absolute Gasteiger partial charge is 0.462 e. The van der Waals surface area contributed by atoms with Crippen LogP contribution in [-0.4, -0.2) is 32.7 Å². The number of anilines is 1. The SMILES string of the molecule is CCOC(=O)c1c(NC(=O)CS(=O)(=O)c2ccc(F)cc2)sc(C)c1C. The first kappa shape index (κ1) is 20.1. The van der Waals surface area contributed by atoms with Gasteiger partial charge in [-0.1, -0.05) is 0 Å². The van der Waals surface area contributed by atoms with Crippen LogP contribution >= 0.6 is 11.3 Å². The van der Waals surface area contributed by atoms with Gasteiger partial charge in [-0.25, -0.2) is 17.6 Å². The third kappa shape index (κ3) is 4.47. The topological polar surface area (TPSA) is 89.5 Å². The molecule has 0 atom stereocenters. The second-order valence-corrected chi connectivity index (χ2v) is 8.68. The van der Waals surface area contributed by atoms with Gasteiger partial charge in [0.25, 0.3) is 0 Å². The van der Waals surface area contributed by atoms with Crippen molar-refractivity contribution in [2.24, 2.45) is 0 Å². The van der Waals surface area contributed by atoms with Crippen LogP contribution in [0.4, 0.5) is 9.39 Å². The molecular weight excluding hydrogens is 381 g/mol. The zero-order chi connectivity index (χ0) is 19.5. The van der Waals surface area contributed by atoms with E-state index in [1.807, 2.05) is 0 Å². The lowest BCUT2D eigenvalue weighted by Gasteiger charge is -2.08. The van der Waals surface area contributed by atoms with E-state index in [1.54, 1.807) is 20.8 Å². The molecule has 0 fully saturated rings. The lowest BCUT2D eigenvalue weighted by atomic mass is 10.1. The van der Waals surface area contributed by atoms with Gasteiger partial charge in [0, 0.05) is 4.88 Å². The highest BCUT2D eigenvalue weighted by Crippen LogP contribution is 2.33. The number of thiophene rings is 1. The molecule has 1 amide bonds. The summed E-state index contributed by atoms with van der Waals surface area (Å²) in [5, 5.41) is 2.72. The maximum atomic E-state index is 12.9. The van der Waals surface area contributed by atoms with Crippen LogP contribution in [0.25, 0.3) is 0 Å². The summed E-state index contributed by atoms with van der Waals surface area (Å²) in [7, 11) is -3.93. The van der Waals surface area contributed by atoms with Crippen LogP contribution in [0.2, 0.25) is 0 Å². The minimum Gasteiger partial charge on any atom is -0.462 e. The lowest BCUT2D eigenvalue weighted by molar-refractivity contribution is -0.113. The van der Waals surface area contributed by atoms with Gasteiger partial charge in [0.1, 0.15) is 16.6 Å². The molecule has 0 unspecified atom stereocenters. The van der Waals surface area contributed by atoms with Gasteiger partial charge < -0.3 is 10.1 Å². The Balaban J connectivity index is 2.21. The third-order valence-electron chi connectivity index (χ3n) is 3.61. The standard InChI is InChI=1S/C17H18FNO5S2/c1-4-24-17(21)15-10(2)11(3)25-16(15)19-14(20)9-26(22,23)13-7-5-12(18)6-8-13/h5-8H,4,9H2,1-3H3,(H,19,20). The molecule has 1 N–H and O–H groups in total. The van der Waals surface area contributed by atoms with Crippen LogP contribution in [0, 0.1) is 19.7 Å². The Bertz CT molecular complexity index is 933. The fraction of sp³-hybridized carbons (Fsp3) is 0.294. The van der Waals surface area contributed by atoms with E-state index < -0.39 is 33.3 Å². The predicted octanol–water partition coefficient (Wildman–Crippen LogP) is 3.09. The summed E-state index contributed by atoms with van der Waals surface area (Å²) in [5.41, 5.74) is 0.895. The molecule has 2 aromatic rings. The normalized spacial score (nSPS) is 11.2. The highest BCUT2D eigenvalue weighted by atomic mass is 32.2. The molecule has 0 saturated heterocycles. The highest BCUT2D eigenvalue weighted by molar-refractivity contribution is 7.92. The van der Waals surface area contributed by atoms with Gasteiger partial charge in [-0.05, 0) is 50.6 Å². The number of rotatable bonds is 6. The van der Waals surface area contributed by atoms with E-state index in [2.05, 4.69) is 5.32 Å². The monoisotopic (exact) mass is 399 g/mol. The fourth-order valence-corrected chi connectivity index (χ4v) is 4.42. The van der Waals surface area contributed by atoms with Crippen LogP contribution in [0.1, 0.15) is 27.7 Å². The molecule has 0 aliphatic heterocycles. The van der Waals surface area contributed by atoms with Gasteiger partial charge in [-0.2, -0.15) is 0 Å². The van der Waals surface area contributed by atoms with Crippen LogP contribution in [-0.2, 0) is 19.4 Å². The van der Waals surface area contributed by atoms with E-state index in [-0.39, 0.29) is 22.1 Å². The van der Waals surface area contributed by atoms with Gasteiger partial charge in [0.2, 0.25) is 5.91 Å². The van der Waals surface area contributed by atoms with Crippen molar-refractivity contribution in [3.8, 4) is 0 Å². The molecule has 0 bridgehead atoms. The minimum atomic E-state index is -3.93. The molecule has 1 heterocycles. The molecule has 2 rings (SSSR count). The first-order chi connectivity index (χ1) is 12.2. The van der Waals surface area contributed by atoms with Crippen molar-refractivity contribution in [1.29, 1.82) is 0 Å². The van der Waals surface area contributed by atoms with Gasteiger partial charge >= 0.3 is 5.97 Å². The number of sulfone groups is 1. The Labute approximate surface area is 154 Å². The lowest BCUT2D eigenvalue weighted by Crippen LogP contribution is -2.23. The van der Waals surface area contributed by atoms with Gasteiger partial charge in [-0.3, -0.25) is 4.79 Å². The average molecular weight is 399 g/mol. The zero-order valence-electron chi connectivity index (χ0n) is 14.5. The Morgan fingerprint density at radius 3 is 2.38 bits per heavy atom. The number of carbonyl (C=O) groups is 2. The van der Waals surface area contributed by atoms with E-state index >= 15 is 0 Å². The number of amides is 1. The van der Waals surface area contributed by atoms with Crippen molar-refractivity contribution in [2.45, 2.75) is 25.7 Å². The van der Waals surface area contributed by atoms with E-state index in [4.69, 9.17) is 4.74 Å². The summed E-state index contributed by atoms with van der Waals surface area (Å²) in [6.45, 7) is 5.36. The molecule has 6 nitrogen and oxygen atoms in total. The van der Waals surface area contributed by atoms with Gasteiger partial charge in [-0.15, -0.1) is 11.3 Å². The highest BCUT2D eigenvalue weighted by Gasteiger charge is 2.25. The van der Waals surface area contributed by atoms with Crippen molar-refractivity contribution in [2.75, 3.05) is 17.7 Å². The second-order valence-electron chi connectivity index (χ2n) is 5.47. The third-order valence-corrected chi connectivity index (χ3v) is 6.37. The Kier molecular flexibility index (Phi) is 6.14. The predicted molar refractivity (Wildman–Crippen MR) is 96.8 cm³/mol. The summed E-state index contributed by atoms with van der Waals surface area (Å²) in [5.74, 6) is -2.76.